The number of ketones is 1. The monoisotopic (exact) mass is 276 g/mol. The molecular weight excluding hydrogens is 260 g/mol. The third-order valence-corrected chi connectivity index (χ3v) is 3.74. The van der Waals surface area contributed by atoms with E-state index in [0.717, 1.165) is 11.0 Å². The molecule has 2 rings (SSSR count). The van der Waals surface area contributed by atoms with Crippen molar-refractivity contribution < 1.29 is 4.79 Å². The number of thioether (sulfide) groups is 1. The van der Waals surface area contributed by atoms with Crippen molar-refractivity contribution in [3.05, 3.63) is 42.5 Å². The van der Waals surface area contributed by atoms with Crippen LogP contribution in [0.25, 0.3) is 0 Å². The maximum atomic E-state index is 12.1. The minimum Gasteiger partial charge on any atom is -0.348 e. The van der Waals surface area contributed by atoms with Gasteiger partial charge in [-0.25, -0.2) is 0 Å². The number of nitrogens with zero attached hydrogens (tertiary/aromatic N) is 4. The molecular formula is C13H16N4OS. The molecule has 19 heavy (non-hydrogen) atoms. The minimum atomic E-state index is 0.0864. The normalized spacial score (nSPS) is 10.6. The van der Waals surface area contributed by atoms with Gasteiger partial charge >= 0.3 is 0 Å². The van der Waals surface area contributed by atoms with Crippen LogP contribution >= 0.6 is 11.8 Å². The lowest BCUT2D eigenvalue weighted by atomic mass is 10.3. The van der Waals surface area contributed by atoms with Gasteiger partial charge in [-0.15, -0.1) is 16.8 Å². The maximum absolute atomic E-state index is 12.1. The predicted molar refractivity (Wildman–Crippen MR) is 75.4 cm³/mol. The van der Waals surface area contributed by atoms with Crippen LogP contribution in [0, 0.1) is 6.92 Å². The summed E-state index contributed by atoms with van der Waals surface area (Å²) in [5.74, 6) is 1.27. The van der Waals surface area contributed by atoms with Crippen molar-refractivity contribution in [2.24, 2.45) is 7.05 Å². The predicted octanol–water partition coefficient (Wildman–Crippen LogP) is 2.09. The van der Waals surface area contributed by atoms with Gasteiger partial charge in [0.1, 0.15) is 5.82 Å². The Bertz CT molecular complexity index is 600. The molecule has 0 spiro atoms. The first-order valence-electron chi connectivity index (χ1n) is 5.91. The molecule has 2 aromatic rings. The number of Topliss-reactive ketones (excluding diaryl/α,β-unsaturated/α-hetero) is 1. The first-order chi connectivity index (χ1) is 9.13. The van der Waals surface area contributed by atoms with Gasteiger partial charge in [0.25, 0.3) is 0 Å². The van der Waals surface area contributed by atoms with Gasteiger partial charge in [-0.1, -0.05) is 17.8 Å². The molecule has 0 atom stereocenters. The average molecular weight is 276 g/mol. The van der Waals surface area contributed by atoms with Crippen LogP contribution < -0.4 is 0 Å². The second-order valence-corrected chi connectivity index (χ2v) is 5.09. The molecule has 0 fully saturated rings. The van der Waals surface area contributed by atoms with Crippen molar-refractivity contribution in [2.75, 3.05) is 5.75 Å². The second kappa shape index (κ2) is 5.88. The van der Waals surface area contributed by atoms with Crippen LogP contribution in [0.5, 0.6) is 0 Å². The molecule has 0 saturated heterocycles. The first kappa shape index (κ1) is 13.6. The highest BCUT2D eigenvalue weighted by Gasteiger charge is 2.13. The molecule has 0 saturated carbocycles. The van der Waals surface area contributed by atoms with Crippen molar-refractivity contribution >= 4 is 17.5 Å². The van der Waals surface area contributed by atoms with Crippen LogP contribution in [-0.4, -0.2) is 30.9 Å². The lowest BCUT2D eigenvalue weighted by Gasteiger charge is -2.05. The molecule has 0 aromatic carbocycles. The molecule has 0 aliphatic heterocycles. The summed E-state index contributed by atoms with van der Waals surface area (Å²) >= 11 is 1.40. The Morgan fingerprint density at radius 1 is 1.53 bits per heavy atom. The number of aryl methyl sites for hydroxylation is 2. The van der Waals surface area contributed by atoms with Crippen LogP contribution in [0.3, 0.4) is 0 Å². The molecule has 0 radical (unpaired) electrons. The van der Waals surface area contributed by atoms with Crippen molar-refractivity contribution in [2.45, 2.75) is 18.6 Å². The fourth-order valence-electron chi connectivity index (χ4n) is 1.76. The Hall–Kier alpha value is -1.82. The van der Waals surface area contributed by atoms with Gasteiger partial charge in [-0.05, 0) is 19.1 Å². The van der Waals surface area contributed by atoms with E-state index in [1.165, 1.54) is 11.8 Å². The van der Waals surface area contributed by atoms with E-state index in [4.69, 9.17) is 0 Å². The number of hydrogen-bond acceptors (Lipinski definition) is 4. The third kappa shape index (κ3) is 2.96. The molecule has 100 valence electrons. The van der Waals surface area contributed by atoms with Gasteiger partial charge < -0.3 is 9.13 Å². The Labute approximate surface area is 116 Å². The summed E-state index contributed by atoms with van der Waals surface area (Å²) < 4.78 is 3.76. The Kier molecular flexibility index (Phi) is 4.21. The van der Waals surface area contributed by atoms with Crippen molar-refractivity contribution in [1.29, 1.82) is 0 Å². The van der Waals surface area contributed by atoms with Gasteiger partial charge in [0.2, 0.25) is 0 Å². The molecule has 0 amide bonds. The van der Waals surface area contributed by atoms with E-state index in [-0.39, 0.29) is 5.78 Å². The van der Waals surface area contributed by atoms with Crippen LogP contribution in [0.15, 0.2) is 36.1 Å². The van der Waals surface area contributed by atoms with Crippen molar-refractivity contribution in [1.82, 2.24) is 19.3 Å². The van der Waals surface area contributed by atoms with Crippen molar-refractivity contribution in [3.8, 4) is 0 Å². The van der Waals surface area contributed by atoms with Gasteiger partial charge in [-0.3, -0.25) is 4.79 Å². The van der Waals surface area contributed by atoms with Gasteiger partial charge in [0.15, 0.2) is 10.9 Å². The van der Waals surface area contributed by atoms with E-state index in [0.29, 0.717) is 18.0 Å². The van der Waals surface area contributed by atoms with E-state index >= 15 is 0 Å². The number of rotatable bonds is 6. The molecule has 2 aromatic heterocycles. The molecule has 0 aliphatic carbocycles. The maximum Gasteiger partial charge on any atom is 0.191 e. The summed E-state index contributed by atoms with van der Waals surface area (Å²) in [6.07, 6.45) is 3.65. The summed E-state index contributed by atoms with van der Waals surface area (Å²) in [5, 5.41) is 8.85. The second-order valence-electron chi connectivity index (χ2n) is 4.15. The van der Waals surface area contributed by atoms with E-state index < -0.39 is 0 Å². The Morgan fingerprint density at radius 2 is 2.32 bits per heavy atom. The van der Waals surface area contributed by atoms with Crippen molar-refractivity contribution in [3.63, 3.8) is 0 Å². The molecule has 2 heterocycles. The summed E-state index contributed by atoms with van der Waals surface area (Å²) in [4.78, 5) is 12.1. The quantitative estimate of drug-likeness (QED) is 0.460. The molecule has 0 bridgehead atoms. The smallest absolute Gasteiger partial charge is 0.191 e. The van der Waals surface area contributed by atoms with Crippen LogP contribution in [0.1, 0.15) is 16.3 Å². The van der Waals surface area contributed by atoms with Crippen LogP contribution in [0.4, 0.5) is 0 Å². The highest BCUT2D eigenvalue weighted by molar-refractivity contribution is 7.99. The van der Waals surface area contributed by atoms with E-state index in [2.05, 4.69) is 16.8 Å². The molecule has 0 unspecified atom stereocenters. The average Bonchev–Trinajstić information content (AvgIpc) is 2.95. The number of carbonyl (C=O) groups is 1. The number of aromatic nitrogens is 4. The lowest BCUT2D eigenvalue weighted by Crippen LogP contribution is -2.09. The summed E-state index contributed by atoms with van der Waals surface area (Å²) in [6.45, 7) is 6.25. The molecule has 0 aliphatic rings. The van der Waals surface area contributed by atoms with Gasteiger partial charge in [0.05, 0.1) is 11.4 Å². The summed E-state index contributed by atoms with van der Waals surface area (Å²) in [7, 11) is 1.86. The highest BCUT2D eigenvalue weighted by atomic mass is 32.2. The summed E-state index contributed by atoms with van der Waals surface area (Å²) in [5.41, 5.74) is 0.707. The highest BCUT2D eigenvalue weighted by Crippen LogP contribution is 2.18. The van der Waals surface area contributed by atoms with E-state index in [1.54, 1.807) is 6.08 Å². The third-order valence-electron chi connectivity index (χ3n) is 2.78. The standard InChI is InChI=1S/C13H16N4OS/c1-4-7-17-10(2)14-15-13(17)19-9-12(18)11-6-5-8-16(11)3/h4-6,8H,1,7,9H2,2-3H3. The molecule has 0 N–H and O–H groups in total. The number of allylic oxidation sites excluding steroid dienone is 1. The van der Waals surface area contributed by atoms with Gasteiger partial charge in [0, 0.05) is 19.8 Å². The summed E-state index contributed by atoms with van der Waals surface area (Å²) in [6, 6.07) is 3.69. The Balaban J connectivity index is 2.05. The van der Waals surface area contributed by atoms with Crippen LogP contribution in [-0.2, 0) is 13.6 Å². The SMILES string of the molecule is C=CCn1c(C)nnc1SCC(=O)c1cccn1C. The van der Waals surface area contributed by atoms with Crippen LogP contribution in [0.2, 0.25) is 0 Å². The zero-order chi connectivity index (χ0) is 13.8. The first-order valence-corrected chi connectivity index (χ1v) is 6.90. The van der Waals surface area contributed by atoms with E-state index in [9.17, 15) is 4.79 Å². The molecule has 6 heteroatoms. The number of hydrogen-bond donors (Lipinski definition) is 0. The minimum absolute atomic E-state index is 0.0864. The fraction of sp³-hybridized carbons (Fsp3) is 0.308. The zero-order valence-corrected chi connectivity index (χ0v) is 11.9. The van der Waals surface area contributed by atoms with Gasteiger partial charge in [-0.2, -0.15) is 0 Å². The van der Waals surface area contributed by atoms with E-state index in [1.807, 2.05) is 41.4 Å². The molecule has 5 nitrogen and oxygen atoms in total. The number of carbonyl (C=O) groups excluding carboxylic acids is 1. The zero-order valence-electron chi connectivity index (χ0n) is 11.0. The topological polar surface area (TPSA) is 52.7 Å². The lowest BCUT2D eigenvalue weighted by molar-refractivity contribution is 0.101. The largest absolute Gasteiger partial charge is 0.348 e. The fourth-order valence-corrected chi connectivity index (χ4v) is 2.63. The Morgan fingerprint density at radius 3 is 2.95 bits per heavy atom.